The number of hydrogen-bond acceptors (Lipinski definition) is 5. The zero-order valence-corrected chi connectivity index (χ0v) is 17.6. The van der Waals surface area contributed by atoms with Gasteiger partial charge in [-0.25, -0.2) is 0 Å². The van der Waals surface area contributed by atoms with Crippen molar-refractivity contribution in [2.75, 3.05) is 6.54 Å². The molecule has 168 valence electrons. The van der Waals surface area contributed by atoms with Gasteiger partial charge >= 0.3 is 5.97 Å². The van der Waals surface area contributed by atoms with Crippen LogP contribution < -0.4 is 10.6 Å². The second-order valence-corrected chi connectivity index (χ2v) is 7.76. The number of nitrogens with one attached hydrogen (secondary N) is 2. The highest BCUT2D eigenvalue weighted by atomic mass is 16.4. The van der Waals surface area contributed by atoms with E-state index >= 15 is 0 Å². The fourth-order valence-electron chi connectivity index (χ4n) is 3.91. The molecule has 2 aromatic carbocycles. The molecule has 3 rings (SSSR count). The van der Waals surface area contributed by atoms with Crippen molar-refractivity contribution >= 4 is 40.7 Å². The largest absolute Gasteiger partial charge is 0.481 e. The summed E-state index contributed by atoms with van der Waals surface area (Å²) in [4.78, 5) is 61.7. The first kappa shape index (κ1) is 22.9. The third-order valence-corrected chi connectivity index (χ3v) is 5.48. The van der Waals surface area contributed by atoms with E-state index in [1.165, 1.54) is 4.90 Å². The first-order valence-electron chi connectivity index (χ1n) is 10.4. The fraction of sp³-hybridized carbons (Fsp3) is 0.348. The van der Waals surface area contributed by atoms with Crippen molar-refractivity contribution in [2.24, 2.45) is 0 Å². The van der Waals surface area contributed by atoms with Crippen LogP contribution in [0.4, 0.5) is 0 Å². The molecule has 1 aliphatic heterocycles. The van der Waals surface area contributed by atoms with E-state index in [-0.39, 0.29) is 0 Å². The van der Waals surface area contributed by atoms with Gasteiger partial charge in [0.2, 0.25) is 11.8 Å². The molecule has 32 heavy (non-hydrogen) atoms. The summed E-state index contributed by atoms with van der Waals surface area (Å²) in [6, 6.07) is 9.91. The Bertz CT molecular complexity index is 1050. The van der Waals surface area contributed by atoms with E-state index in [1.807, 2.05) is 30.3 Å². The number of amides is 3. The summed E-state index contributed by atoms with van der Waals surface area (Å²) in [5, 5.41) is 15.6. The van der Waals surface area contributed by atoms with Crippen LogP contribution in [-0.2, 0) is 19.2 Å². The van der Waals surface area contributed by atoms with Gasteiger partial charge in [0.25, 0.3) is 5.91 Å². The molecule has 1 aliphatic rings. The molecule has 0 radical (unpaired) electrons. The van der Waals surface area contributed by atoms with E-state index in [9.17, 15) is 24.0 Å². The lowest BCUT2D eigenvalue weighted by molar-refractivity contribution is -0.141. The van der Waals surface area contributed by atoms with Gasteiger partial charge in [0.1, 0.15) is 18.4 Å². The summed E-state index contributed by atoms with van der Waals surface area (Å²) in [5.41, 5.74) is 0.445. The molecule has 3 atom stereocenters. The second kappa shape index (κ2) is 10.0. The number of aldehydes is 1. The smallest absolute Gasteiger partial charge is 0.305 e. The quantitative estimate of drug-likeness (QED) is 0.528. The Balaban J connectivity index is 1.67. The summed E-state index contributed by atoms with van der Waals surface area (Å²) >= 11 is 0. The van der Waals surface area contributed by atoms with Gasteiger partial charge in [-0.05, 0) is 36.6 Å². The molecule has 0 bridgehead atoms. The minimum atomic E-state index is -1.22. The average Bonchev–Trinajstić information content (AvgIpc) is 3.27. The Morgan fingerprint density at radius 3 is 2.56 bits per heavy atom. The predicted octanol–water partition coefficient (Wildman–Crippen LogP) is 1.11. The lowest BCUT2D eigenvalue weighted by atomic mass is 10.0. The van der Waals surface area contributed by atoms with E-state index in [2.05, 4.69) is 10.6 Å². The van der Waals surface area contributed by atoms with E-state index in [1.54, 1.807) is 19.1 Å². The number of carbonyl (C=O) groups excluding carboxylic acids is 4. The van der Waals surface area contributed by atoms with Gasteiger partial charge in [-0.2, -0.15) is 0 Å². The number of carboxylic acid groups (broad SMARTS) is 1. The number of nitrogens with zero attached hydrogens (tertiary/aromatic N) is 1. The minimum Gasteiger partial charge on any atom is -0.481 e. The zero-order valence-electron chi connectivity index (χ0n) is 17.6. The Kier molecular flexibility index (Phi) is 7.19. The van der Waals surface area contributed by atoms with Crippen molar-refractivity contribution < 1.29 is 29.1 Å². The third kappa shape index (κ3) is 5.11. The number of carbonyl (C=O) groups is 5. The summed E-state index contributed by atoms with van der Waals surface area (Å²) in [5.74, 6) is -2.62. The molecule has 1 unspecified atom stereocenters. The molecule has 3 N–H and O–H groups in total. The van der Waals surface area contributed by atoms with Gasteiger partial charge < -0.3 is 25.4 Å². The van der Waals surface area contributed by atoms with Gasteiger partial charge in [-0.15, -0.1) is 0 Å². The highest BCUT2D eigenvalue weighted by Crippen LogP contribution is 2.21. The minimum absolute atomic E-state index is 0.329. The summed E-state index contributed by atoms with van der Waals surface area (Å²) < 4.78 is 0. The van der Waals surface area contributed by atoms with E-state index in [0.29, 0.717) is 31.2 Å². The fourth-order valence-corrected chi connectivity index (χ4v) is 3.91. The summed E-state index contributed by atoms with van der Waals surface area (Å²) in [6.07, 6.45) is 0.798. The van der Waals surface area contributed by atoms with Crippen molar-refractivity contribution in [3.05, 3.63) is 48.0 Å². The van der Waals surface area contributed by atoms with Crippen LogP contribution in [0.15, 0.2) is 42.5 Å². The van der Waals surface area contributed by atoms with Crippen LogP contribution in [0.1, 0.15) is 36.5 Å². The van der Waals surface area contributed by atoms with Crippen LogP contribution in [0.25, 0.3) is 10.8 Å². The third-order valence-electron chi connectivity index (χ3n) is 5.48. The van der Waals surface area contributed by atoms with Crippen LogP contribution in [0.3, 0.4) is 0 Å². The Morgan fingerprint density at radius 2 is 1.84 bits per heavy atom. The number of aliphatic carboxylic acids is 1. The van der Waals surface area contributed by atoms with Gasteiger partial charge in [-0.1, -0.05) is 36.4 Å². The van der Waals surface area contributed by atoms with Crippen molar-refractivity contribution in [1.29, 1.82) is 0 Å². The number of fused-ring (bicyclic) bond motifs is 1. The van der Waals surface area contributed by atoms with Crippen molar-refractivity contribution in [3.63, 3.8) is 0 Å². The molecule has 0 saturated carbocycles. The average molecular weight is 439 g/mol. The van der Waals surface area contributed by atoms with Crippen molar-refractivity contribution in [2.45, 2.75) is 44.3 Å². The maximum atomic E-state index is 13.0. The van der Waals surface area contributed by atoms with E-state index < -0.39 is 48.2 Å². The van der Waals surface area contributed by atoms with Crippen LogP contribution in [0.2, 0.25) is 0 Å². The van der Waals surface area contributed by atoms with Crippen LogP contribution in [-0.4, -0.2) is 64.7 Å². The van der Waals surface area contributed by atoms with Gasteiger partial charge in [0.05, 0.1) is 12.5 Å². The number of hydrogen-bond donors (Lipinski definition) is 3. The van der Waals surface area contributed by atoms with Crippen LogP contribution in [0.5, 0.6) is 0 Å². The monoisotopic (exact) mass is 439 g/mol. The topological polar surface area (TPSA) is 133 Å². The lowest BCUT2D eigenvalue weighted by Gasteiger charge is -2.28. The Labute approximate surface area is 184 Å². The molecular formula is C23H25N3O6. The lowest BCUT2D eigenvalue weighted by Crippen LogP contribution is -2.54. The standard InChI is InChI=1S/C23H25N3O6/c1-14(24-21(30)18-9-4-7-15-6-2-3-8-17(15)18)23(32)26-11-5-10-19(26)22(31)25-16(13-27)12-20(28)29/h2-4,6-9,13-14,16,19H,5,10-12H2,1H3,(H,24,30)(H,25,31)(H,28,29)/t14-,16-,19?/m0/s1. The number of rotatable bonds is 8. The molecule has 0 aliphatic carbocycles. The van der Waals surface area contributed by atoms with Gasteiger partial charge in [0, 0.05) is 12.1 Å². The molecule has 1 saturated heterocycles. The number of likely N-dealkylation sites (tertiary alicyclic amines) is 1. The normalized spacial score (nSPS) is 17.4. The molecule has 0 spiro atoms. The first-order chi connectivity index (χ1) is 15.3. The Morgan fingerprint density at radius 1 is 1.12 bits per heavy atom. The van der Waals surface area contributed by atoms with Crippen molar-refractivity contribution in [3.8, 4) is 0 Å². The van der Waals surface area contributed by atoms with E-state index in [0.717, 1.165) is 10.8 Å². The zero-order chi connectivity index (χ0) is 23.3. The SMILES string of the molecule is C[C@H](NC(=O)c1cccc2ccccc12)C(=O)N1CCCC1C(=O)N[C@H](C=O)CC(=O)O. The molecule has 2 aromatic rings. The highest BCUT2D eigenvalue weighted by Gasteiger charge is 2.37. The molecular weight excluding hydrogens is 414 g/mol. The number of carboxylic acids is 1. The molecule has 1 heterocycles. The maximum Gasteiger partial charge on any atom is 0.305 e. The Hall–Kier alpha value is -3.75. The molecule has 9 heteroatoms. The highest BCUT2D eigenvalue weighted by molar-refractivity contribution is 6.08. The van der Waals surface area contributed by atoms with Crippen LogP contribution >= 0.6 is 0 Å². The molecule has 9 nitrogen and oxygen atoms in total. The number of benzene rings is 2. The van der Waals surface area contributed by atoms with Gasteiger partial charge in [0.15, 0.2) is 0 Å². The predicted molar refractivity (Wildman–Crippen MR) is 116 cm³/mol. The van der Waals surface area contributed by atoms with Crippen molar-refractivity contribution in [1.82, 2.24) is 15.5 Å². The van der Waals surface area contributed by atoms with E-state index in [4.69, 9.17) is 5.11 Å². The summed E-state index contributed by atoms with van der Waals surface area (Å²) in [7, 11) is 0. The summed E-state index contributed by atoms with van der Waals surface area (Å²) in [6.45, 7) is 1.88. The second-order valence-electron chi connectivity index (χ2n) is 7.76. The first-order valence-corrected chi connectivity index (χ1v) is 10.4. The van der Waals surface area contributed by atoms with Gasteiger partial charge in [-0.3, -0.25) is 19.2 Å². The molecule has 0 aromatic heterocycles. The maximum absolute atomic E-state index is 13.0. The van der Waals surface area contributed by atoms with Crippen LogP contribution in [0, 0.1) is 0 Å². The molecule has 1 fully saturated rings. The molecule has 3 amide bonds.